The molecule has 0 aliphatic carbocycles. The van der Waals surface area contributed by atoms with E-state index in [1.807, 2.05) is 6.92 Å². The number of carbonyl (C=O) groups excluding carboxylic acids is 2. The summed E-state index contributed by atoms with van der Waals surface area (Å²) in [5.74, 6) is 0.277. The fourth-order valence-corrected chi connectivity index (χ4v) is 5.62. The van der Waals surface area contributed by atoms with E-state index >= 15 is 0 Å². The molecule has 1 atom stereocenters. The van der Waals surface area contributed by atoms with Crippen LogP contribution >= 0.6 is 11.3 Å². The monoisotopic (exact) mass is 475 g/mol. The summed E-state index contributed by atoms with van der Waals surface area (Å²) < 4.78 is 10.6. The second-order valence-corrected chi connectivity index (χ2v) is 9.53. The van der Waals surface area contributed by atoms with Crippen molar-refractivity contribution in [3.63, 3.8) is 0 Å². The number of esters is 1. The Balaban J connectivity index is 1.43. The number of aromatic nitrogens is 2. The fraction of sp³-hybridized carbons (Fsp3) is 0.652. The van der Waals surface area contributed by atoms with Crippen molar-refractivity contribution in [2.24, 2.45) is 5.92 Å². The van der Waals surface area contributed by atoms with Crippen molar-refractivity contribution in [1.29, 1.82) is 0 Å². The van der Waals surface area contributed by atoms with Crippen molar-refractivity contribution in [1.82, 2.24) is 19.8 Å². The maximum atomic E-state index is 13.4. The first-order valence-corrected chi connectivity index (χ1v) is 12.6. The first-order chi connectivity index (χ1) is 16.1. The first kappa shape index (κ1) is 23.8. The highest BCUT2D eigenvalue weighted by Crippen LogP contribution is 2.34. The van der Waals surface area contributed by atoms with Crippen LogP contribution in [0, 0.1) is 12.8 Å². The molecular formula is C23H33N5O4S. The van der Waals surface area contributed by atoms with E-state index in [1.165, 1.54) is 11.3 Å². The summed E-state index contributed by atoms with van der Waals surface area (Å²) >= 11 is 1.40. The van der Waals surface area contributed by atoms with Crippen LogP contribution in [-0.2, 0) is 14.3 Å². The standard InChI is InChI=1S/C23H33N5O4S/c1-3-32-23(30)17-6-4-9-28(14-17)22(29)19-16(2)18-20(25-15-26-21(18)33-19)24-7-5-8-27-10-12-31-13-11-27/h15,17H,3-14H2,1-2H3,(H,24,25,26)/t17-/m0/s1. The highest BCUT2D eigenvalue weighted by Gasteiger charge is 2.31. The number of ether oxygens (including phenoxy) is 2. The molecule has 0 saturated carbocycles. The molecule has 2 aromatic heterocycles. The molecule has 2 saturated heterocycles. The van der Waals surface area contributed by atoms with Crippen LogP contribution in [-0.4, -0.2) is 90.7 Å². The van der Waals surface area contributed by atoms with Gasteiger partial charge in [-0.25, -0.2) is 9.97 Å². The zero-order valence-electron chi connectivity index (χ0n) is 19.5. The average molecular weight is 476 g/mol. The molecule has 4 rings (SSSR count). The highest BCUT2D eigenvalue weighted by molar-refractivity contribution is 7.20. The van der Waals surface area contributed by atoms with E-state index in [0.717, 1.165) is 80.3 Å². The Labute approximate surface area is 198 Å². The molecule has 2 aliphatic heterocycles. The Bertz CT molecular complexity index is 975. The second-order valence-electron chi connectivity index (χ2n) is 8.54. The van der Waals surface area contributed by atoms with Crippen molar-refractivity contribution in [3.8, 4) is 0 Å². The number of anilines is 1. The van der Waals surface area contributed by atoms with E-state index in [1.54, 1.807) is 18.2 Å². The minimum Gasteiger partial charge on any atom is -0.466 e. The number of amides is 1. The number of aryl methyl sites for hydroxylation is 1. The van der Waals surface area contributed by atoms with E-state index in [9.17, 15) is 9.59 Å². The molecule has 180 valence electrons. The molecule has 2 fully saturated rings. The lowest BCUT2D eigenvalue weighted by Crippen LogP contribution is -2.42. The van der Waals surface area contributed by atoms with Crippen LogP contribution in [0.3, 0.4) is 0 Å². The van der Waals surface area contributed by atoms with Gasteiger partial charge in [0.25, 0.3) is 5.91 Å². The van der Waals surface area contributed by atoms with E-state index < -0.39 is 0 Å². The number of rotatable bonds is 8. The predicted molar refractivity (Wildman–Crippen MR) is 128 cm³/mol. The van der Waals surface area contributed by atoms with E-state index in [4.69, 9.17) is 9.47 Å². The maximum Gasteiger partial charge on any atom is 0.310 e. The minimum absolute atomic E-state index is 0.0391. The number of fused-ring (bicyclic) bond motifs is 1. The molecule has 0 aromatic carbocycles. The number of likely N-dealkylation sites (tertiary alicyclic amines) is 1. The topological polar surface area (TPSA) is 96.9 Å². The third-order valence-corrected chi connectivity index (χ3v) is 7.48. The number of thiophene rings is 1. The third-order valence-electron chi connectivity index (χ3n) is 6.30. The van der Waals surface area contributed by atoms with Crippen molar-refractivity contribution >= 4 is 39.2 Å². The summed E-state index contributed by atoms with van der Waals surface area (Å²) in [6.07, 6.45) is 4.12. The maximum absolute atomic E-state index is 13.4. The van der Waals surface area contributed by atoms with Gasteiger partial charge in [0.2, 0.25) is 0 Å². The highest BCUT2D eigenvalue weighted by atomic mass is 32.1. The van der Waals surface area contributed by atoms with Gasteiger partial charge in [-0.15, -0.1) is 11.3 Å². The molecule has 0 bridgehead atoms. The molecule has 2 aliphatic rings. The molecule has 0 radical (unpaired) electrons. The molecule has 33 heavy (non-hydrogen) atoms. The van der Waals surface area contributed by atoms with Gasteiger partial charge >= 0.3 is 5.97 Å². The number of hydrogen-bond donors (Lipinski definition) is 1. The molecule has 10 heteroatoms. The van der Waals surface area contributed by atoms with Gasteiger partial charge in [-0.2, -0.15) is 0 Å². The number of piperidine rings is 1. The van der Waals surface area contributed by atoms with Crippen LogP contribution in [0.5, 0.6) is 0 Å². The number of morpholine rings is 1. The number of hydrogen-bond acceptors (Lipinski definition) is 9. The average Bonchev–Trinajstić information content (AvgIpc) is 3.19. The molecule has 0 spiro atoms. The van der Waals surface area contributed by atoms with Gasteiger partial charge in [0, 0.05) is 32.7 Å². The lowest BCUT2D eigenvalue weighted by Gasteiger charge is -2.31. The molecule has 1 N–H and O–H groups in total. The summed E-state index contributed by atoms with van der Waals surface area (Å²) in [6, 6.07) is 0. The van der Waals surface area contributed by atoms with Crippen molar-refractivity contribution in [2.45, 2.75) is 33.1 Å². The SMILES string of the molecule is CCOC(=O)[C@H]1CCCN(C(=O)c2sc3ncnc(NCCCN4CCOCC4)c3c2C)C1. The lowest BCUT2D eigenvalue weighted by molar-refractivity contribution is -0.149. The van der Waals surface area contributed by atoms with Crippen LogP contribution in [0.1, 0.15) is 41.4 Å². The first-order valence-electron chi connectivity index (χ1n) is 11.8. The van der Waals surface area contributed by atoms with Crippen molar-refractivity contribution in [2.75, 3.05) is 64.4 Å². The third kappa shape index (κ3) is 5.62. The summed E-state index contributed by atoms with van der Waals surface area (Å²) in [4.78, 5) is 40.1. The van der Waals surface area contributed by atoms with Gasteiger partial charge in [0.05, 0.1) is 36.0 Å². The lowest BCUT2D eigenvalue weighted by atomic mass is 9.98. The van der Waals surface area contributed by atoms with Crippen LogP contribution in [0.15, 0.2) is 6.33 Å². The Morgan fingerprint density at radius 3 is 2.88 bits per heavy atom. The zero-order chi connectivity index (χ0) is 23.2. The van der Waals surface area contributed by atoms with Crippen LogP contribution < -0.4 is 5.32 Å². The van der Waals surface area contributed by atoms with Gasteiger partial charge in [0.15, 0.2) is 0 Å². The Hall–Kier alpha value is -2.30. The van der Waals surface area contributed by atoms with Gasteiger partial charge in [-0.05, 0) is 45.2 Å². The zero-order valence-corrected chi connectivity index (χ0v) is 20.3. The quantitative estimate of drug-likeness (QED) is 0.460. The van der Waals surface area contributed by atoms with Gasteiger partial charge in [-0.3, -0.25) is 14.5 Å². The number of nitrogens with zero attached hydrogens (tertiary/aromatic N) is 4. The summed E-state index contributed by atoms with van der Waals surface area (Å²) in [5.41, 5.74) is 0.898. The largest absolute Gasteiger partial charge is 0.466 e. The van der Waals surface area contributed by atoms with Gasteiger partial charge in [0.1, 0.15) is 17.0 Å². The minimum atomic E-state index is -0.249. The van der Waals surface area contributed by atoms with Crippen molar-refractivity contribution in [3.05, 3.63) is 16.8 Å². The molecule has 0 unspecified atom stereocenters. The molecule has 2 aromatic rings. The van der Waals surface area contributed by atoms with Crippen molar-refractivity contribution < 1.29 is 19.1 Å². The van der Waals surface area contributed by atoms with E-state index in [2.05, 4.69) is 20.2 Å². The molecular weight excluding hydrogens is 442 g/mol. The Morgan fingerprint density at radius 2 is 2.09 bits per heavy atom. The van der Waals surface area contributed by atoms with Gasteiger partial charge in [-0.1, -0.05) is 0 Å². The molecule has 9 nitrogen and oxygen atoms in total. The van der Waals surface area contributed by atoms with Gasteiger partial charge < -0.3 is 19.7 Å². The second kappa shape index (κ2) is 11.2. The van der Waals surface area contributed by atoms with Crippen LogP contribution in [0.4, 0.5) is 5.82 Å². The molecule has 1 amide bonds. The number of nitrogens with one attached hydrogen (secondary N) is 1. The normalized spacial score (nSPS) is 19.6. The van der Waals surface area contributed by atoms with E-state index in [0.29, 0.717) is 24.6 Å². The Morgan fingerprint density at radius 1 is 1.27 bits per heavy atom. The van der Waals surface area contributed by atoms with E-state index in [-0.39, 0.29) is 17.8 Å². The predicted octanol–water partition coefficient (Wildman–Crippen LogP) is 2.55. The smallest absolute Gasteiger partial charge is 0.310 e. The summed E-state index contributed by atoms with van der Waals surface area (Å²) in [5, 5.41) is 4.36. The van der Waals surface area contributed by atoms with Crippen LogP contribution in [0.2, 0.25) is 0 Å². The molecule has 4 heterocycles. The fourth-order valence-electron chi connectivity index (χ4n) is 4.50. The number of carbonyl (C=O) groups is 2. The summed E-state index contributed by atoms with van der Waals surface area (Å²) in [7, 11) is 0. The summed E-state index contributed by atoms with van der Waals surface area (Å²) in [6.45, 7) is 10.6. The van der Waals surface area contributed by atoms with Crippen LogP contribution in [0.25, 0.3) is 10.2 Å². The Kier molecular flexibility index (Phi) is 8.11.